The van der Waals surface area contributed by atoms with Gasteiger partial charge in [-0.2, -0.15) is 0 Å². The largest absolute Gasteiger partial charge is 0.355 e. The van der Waals surface area contributed by atoms with Crippen LogP contribution in [0.5, 0.6) is 0 Å². The van der Waals surface area contributed by atoms with Crippen molar-refractivity contribution in [2.24, 2.45) is 33.2 Å². The second-order valence-corrected chi connectivity index (χ2v) is 12.5. The van der Waals surface area contributed by atoms with Gasteiger partial charge in [0.1, 0.15) is 22.8 Å². The quantitative estimate of drug-likeness (QED) is 0.109. The molecular weight excluding hydrogens is 680 g/mol. The summed E-state index contributed by atoms with van der Waals surface area (Å²) in [5.74, 6) is -1.57. The average molecular weight is 719 g/mol. The van der Waals surface area contributed by atoms with E-state index in [-0.39, 0.29) is 34.1 Å². The van der Waals surface area contributed by atoms with E-state index in [0.29, 0.717) is 47.5 Å². The molecule has 7 N–H and O–H groups in total. The predicted octanol–water partition coefficient (Wildman–Crippen LogP) is 2.16. The number of amides is 5. The third kappa shape index (κ3) is 8.69. The van der Waals surface area contributed by atoms with Crippen molar-refractivity contribution in [3.8, 4) is 0 Å². The molecule has 0 saturated carbocycles. The Balaban J connectivity index is 1.17. The number of aliphatic imine (C=N–C) groups is 1. The van der Waals surface area contributed by atoms with Crippen molar-refractivity contribution in [1.29, 1.82) is 0 Å². The first kappa shape index (κ1) is 36.1. The first-order valence-corrected chi connectivity index (χ1v) is 16.1. The van der Waals surface area contributed by atoms with E-state index < -0.39 is 23.6 Å². The zero-order valence-corrected chi connectivity index (χ0v) is 29.4. The Morgan fingerprint density at radius 3 is 1.49 bits per heavy atom. The molecule has 17 nitrogen and oxygen atoms in total. The second kappa shape index (κ2) is 15.1. The van der Waals surface area contributed by atoms with Crippen LogP contribution in [0, 0.1) is 0 Å². The van der Waals surface area contributed by atoms with Crippen LogP contribution in [0.1, 0.15) is 48.9 Å². The lowest BCUT2D eigenvalue weighted by molar-refractivity contribution is -0.112. The summed E-state index contributed by atoms with van der Waals surface area (Å²) in [6.07, 6.45) is 6.36. The molecule has 0 saturated heterocycles. The smallest absolute Gasteiger partial charge is 0.272 e. The van der Waals surface area contributed by atoms with Crippen LogP contribution in [0.3, 0.4) is 0 Å². The molecule has 0 aromatic carbocycles. The molecule has 1 unspecified atom stereocenters. The number of nitrogens with zero attached hydrogens (tertiary/aromatic N) is 5. The number of guanidine groups is 1. The van der Waals surface area contributed by atoms with Gasteiger partial charge >= 0.3 is 0 Å². The van der Waals surface area contributed by atoms with Gasteiger partial charge in [-0.25, -0.2) is 0 Å². The van der Waals surface area contributed by atoms with Crippen molar-refractivity contribution in [2.45, 2.75) is 13.0 Å². The van der Waals surface area contributed by atoms with Crippen LogP contribution in [0.15, 0.2) is 65.7 Å². The highest BCUT2D eigenvalue weighted by molar-refractivity contribution is 6.43. The van der Waals surface area contributed by atoms with E-state index in [4.69, 9.17) is 11.6 Å². The first-order chi connectivity index (χ1) is 24.2. The van der Waals surface area contributed by atoms with Crippen molar-refractivity contribution in [1.82, 2.24) is 34.2 Å². The van der Waals surface area contributed by atoms with Crippen molar-refractivity contribution in [3.63, 3.8) is 0 Å². The highest BCUT2D eigenvalue weighted by Gasteiger charge is 2.20. The second-order valence-electron chi connectivity index (χ2n) is 12.0. The fraction of sp³-hybridized carbons (Fsp3) is 0.273. The molecule has 18 heteroatoms. The summed E-state index contributed by atoms with van der Waals surface area (Å²) in [4.78, 5) is 68.4. The van der Waals surface area contributed by atoms with E-state index in [1.54, 1.807) is 72.7 Å². The molecule has 5 amide bonds. The minimum Gasteiger partial charge on any atom is -0.355 e. The molecule has 0 bridgehead atoms. The van der Waals surface area contributed by atoms with Gasteiger partial charge in [0.15, 0.2) is 5.96 Å². The van der Waals surface area contributed by atoms with Gasteiger partial charge in [-0.05, 0) is 31.2 Å². The van der Waals surface area contributed by atoms with Crippen LogP contribution in [-0.2, 0) is 33.0 Å². The van der Waals surface area contributed by atoms with Gasteiger partial charge in [-0.15, -0.1) is 0 Å². The maximum absolute atomic E-state index is 13.2. The Hall–Kier alpha value is -6.23. The van der Waals surface area contributed by atoms with Gasteiger partial charge in [0.2, 0.25) is 0 Å². The van der Waals surface area contributed by atoms with Gasteiger partial charge in [0.25, 0.3) is 29.5 Å². The van der Waals surface area contributed by atoms with Crippen molar-refractivity contribution in [3.05, 3.63) is 83.4 Å². The van der Waals surface area contributed by atoms with E-state index in [1.165, 1.54) is 22.8 Å². The summed E-state index contributed by atoms with van der Waals surface area (Å²) in [6.45, 7) is 7.17. The number of rotatable bonds is 12. The average Bonchev–Trinajstić information content (AvgIpc) is 3.89. The molecule has 5 rings (SSSR count). The van der Waals surface area contributed by atoms with Crippen molar-refractivity contribution in [2.75, 3.05) is 40.9 Å². The Kier molecular flexibility index (Phi) is 10.7. The number of anilines is 4. The lowest BCUT2D eigenvalue weighted by atomic mass is 10.3. The van der Waals surface area contributed by atoms with E-state index in [2.05, 4.69) is 48.8 Å². The first-order valence-electron chi connectivity index (χ1n) is 15.8. The molecular formula is C33H39ClN12O5. The third-order valence-electron chi connectivity index (χ3n) is 7.85. The topological polar surface area (TPSA) is 202 Å². The molecule has 4 aromatic rings. The SMILES string of the molecule is C=C(Cl)C(=O)Nc1cc(C(=O)Nc2cc(C(=O)Nc3cc(C(=O)Nc4cc(C(=O)NCC(C)NC5=NCCN5)n(C)c4)n(C)c3)n(C)c2)n(C)c1. The number of nitrogens with one attached hydrogen (secondary N) is 7. The van der Waals surface area contributed by atoms with Crippen LogP contribution in [0.2, 0.25) is 0 Å². The van der Waals surface area contributed by atoms with Gasteiger partial charge < -0.3 is 55.5 Å². The summed E-state index contributed by atoms with van der Waals surface area (Å²) in [7, 11) is 6.67. The maximum Gasteiger partial charge on any atom is 0.272 e. The number of halogens is 1. The molecule has 0 fully saturated rings. The molecule has 1 aliphatic heterocycles. The normalized spacial score (nSPS) is 12.7. The minimum atomic E-state index is -0.589. The number of aromatic nitrogens is 4. The standard InChI is InChI=1S/C33H39ClN12O5/c1-18(38-33-35-7-8-36-33)13-37-29(48)24-9-21(15-43(24)3)40-31(50)26-11-23(17-45(26)5)42-32(51)27-12-22(16-46(27)6)41-30(49)25-10-20(14-44(25)4)39-28(47)19(2)34/h9-12,14-18H,2,7-8,13H2,1,3-6H3,(H,37,48)(H,39,47)(H,40,50)(H,41,49)(H,42,51)(H2,35,36,38). The number of hydrogen-bond donors (Lipinski definition) is 7. The van der Waals surface area contributed by atoms with Crippen molar-refractivity contribution >= 4 is 69.8 Å². The highest BCUT2D eigenvalue weighted by atomic mass is 35.5. The maximum atomic E-state index is 13.2. The summed E-state index contributed by atoms with van der Waals surface area (Å²) >= 11 is 5.62. The third-order valence-corrected chi connectivity index (χ3v) is 8.03. The van der Waals surface area contributed by atoms with Gasteiger partial charge in [0.05, 0.1) is 34.3 Å². The van der Waals surface area contributed by atoms with E-state index >= 15 is 0 Å². The van der Waals surface area contributed by atoms with Crippen LogP contribution in [-0.4, -0.2) is 79.4 Å². The molecule has 0 spiro atoms. The molecule has 0 radical (unpaired) electrons. The summed E-state index contributed by atoms with van der Waals surface area (Å²) in [5, 5.41) is 19.9. The fourth-order valence-electron chi connectivity index (χ4n) is 5.33. The van der Waals surface area contributed by atoms with Crippen LogP contribution >= 0.6 is 11.6 Å². The Morgan fingerprint density at radius 1 is 0.725 bits per heavy atom. The van der Waals surface area contributed by atoms with E-state index in [9.17, 15) is 24.0 Å². The number of carbonyl (C=O) groups excluding carboxylic acids is 5. The molecule has 5 heterocycles. The van der Waals surface area contributed by atoms with Gasteiger partial charge in [-0.3, -0.25) is 29.0 Å². The van der Waals surface area contributed by atoms with Gasteiger partial charge in [0, 0.05) is 72.1 Å². The van der Waals surface area contributed by atoms with E-state index in [1.807, 2.05) is 6.92 Å². The summed E-state index contributed by atoms with van der Waals surface area (Å²) in [6, 6.07) is 6.04. The van der Waals surface area contributed by atoms with Gasteiger partial charge in [-0.1, -0.05) is 18.2 Å². The number of aryl methyl sites for hydroxylation is 4. The summed E-state index contributed by atoms with van der Waals surface area (Å²) < 4.78 is 6.26. The Morgan fingerprint density at radius 2 is 1.12 bits per heavy atom. The van der Waals surface area contributed by atoms with Crippen LogP contribution in [0.25, 0.3) is 0 Å². The monoisotopic (exact) mass is 718 g/mol. The highest BCUT2D eigenvalue weighted by Crippen LogP contribution is 2.21. The molecule has 1 aliphatic rings. The van der Waals surface area contributed by atoms with E-state index in [0.717, 1.165) is 6.54 Å². The van der Waals surface area contributed by atoms with Crippen LogP contribution in [0.4, 0.5) is 22.7 Å². The molecule has 1 atom stereocenters. The Labute approximate surface area is 298 Å². The molecule has 268 valence electrons. The zero-order valence-electron chi connectivity index (χ0n) is 28.7. The lowest BCUT2D eigenvalue weighted by Crippen LogP contribution is -2.45. The molecule has 4 aromatic heterocycles. The molecule has 0 aliphatic carbocycles. The lowest BCUT2D eigenvalue weighted by Gasteiger charge is -2.16. The number of hydrogen-bond acceptors (Lipinski definition) is 8. The van der Waals surface area contributed by atoms with Crippen LogP contribution < -0.4 is 37.2 Å². The summed E-state index contributed by atoms with van der Waals surface area (Å²) in [5.41, 5.74) is 2.62. The molecule has 51 heavy (non-hydrogen) atoms. The Bertz CT molecular complexity index is 2070. The predicted molar refractivity (Wildman–Crippen MR) is 194 cm³/mol. The minimum absolute atomic E-state index is 0.0518. The van der Waals surface area contributed by atoms with Crippen molar-refractivity contribution < 1.29 is 24.0 Å². The zero-order chi connectivity index (χ0) is 37.0. The number of carbonyl (C=O) groups is 5. The fourth-order valence-corrected chi connectivity index (χ4v) is 5.38.